The van der Waals surface area contributed by atoms with Crippen LogP contribution in [0.2, 0.25) is 0 Å². The number of hydrogen-bond donors (Lipinski definition) is 2. The Hall–Kier alpha value is -1.14. The number of aliphatic hydroxyl groups is 1. The fourth-order valence-electron chi connectivity index (χ4n) is 7.74. The van der Waals surface area contributed by atoms with E-state index in [9.17, 15) is 19.5 Å². The number of ketones is 1. The van der Waals surface area contributed by atoms with Crippen LogP contribution in [0.3, 0.4) is 0 Å². The predicted molar refractivity (Wildman–Crippen MR) is 107 cm³/mol. The van der Waals surface area contributed by atoms with Gasteiger partial charge in [-0.1, -0.05) is 13.8 Å². The van der Waals surface area contributed by atoms with Crippen LogP contribution in [-0.4, -0.2) is 39.8 Å². The van der Waals surface area contributed by atoms with Crippen LogP contribution in [0.25, 0.3) is 0 Å². The Kier molecular flexibility index (Phi) is 4.86. The number of halogens is 1. The van der Waals surface area contributed by atoms with Crippen molar-refractivity contribution < 1.29 is 24.2 Å². The number of carbonyl (C=O) groups is 3. The average molecular weight is 426 g/mol. The number of amides is 1. The number of ether oxygens (including phenoxy) is 1. The topological polar surface area (TPSA) is 107 Å². The first-order valence-corrected chi connectivity index (χ1v) is 11.3. The lowest BCUT2D eigenvalue weighted by molar-refractivity contribution is -0.211. The molecule has 0 saturated heterocycles. The van der Waals surface area contributed by atoms with Crippen LogP contribution in [0, 0.1) is 34.5 Å². The second kappa shape index (κ2) is 6.68. The van der Waals surface area contributed by atoms with Crippen molar-refractivity contribution >= 4 is 29.3 Å². The number of hydrogen-bond acceptors (Lipinski definition) is 5. The van der Waals surface area contributed by atoms with Crippen LogP contribution in [0.1, 0.15) is 65.7 Å². The van der Waals surface area contributed by atoms with Crippen LogP contribution < -0.4 is 5.73 Å². The highest BCUT2D eigenvalue weighted by atomic mass is 35.5. The molecule has 29 heavy (non-hydrogen) atoms. The number of nitrogens with two attached hydrogens (primary N) is 1. The van der Waals surface area contributed by atoms with Crippen molar-refractivity contribution in [2.45, 2.75) is 82.8 Å². The van der Waals surface area contributed by atoms with Crippen LogP contribution >= 0.6 is 11.6 Å². The van der Waals surface area contributed by atoms with Crippen molar-refractivity contribution in [1.29, 1.82) is 0 Å². The van der Waals surface area contributed by atoms with E-state index < -0.39 is 34.0 Å². The van der Waals surface area contributed by atoms with E-state index in [1.807, 2.05) is 6.92 Å². The summed E-state index contributed by atoms with van der Waals surface area (Å²) in [6.07, 6.45) is 5.05. The Balaban J connectivity index is 1.68. The summed E-state index contributed by atoms with van der Waals surface area (Å²) in [7, 11) is 0. The minimum Gasteiger partial charge on any atom is -0.462 e. The summed E-state index contributed by atoms with van der Waals surface area (Å²) in [5, 5.41) is 10.5. The Morgan fingerprint density at radius 1 is 1.14 bits per heavy atom. The highest BCUT2D eigenvalue weighted by Crippen LogP contribution is 2.68. The molecule has 0 aromatic carbocycles. The van der Waals surface area contributed by atoms with Gasteiger partial charge in [-0.15, -0.1) is 11.6 Å². The molecule has 0 heterocycles. The fraction of sp³-hybridized carbons (Fsp3) is 0.864. The maximum atomic E-state index is 12.7. The van der Waals surface area contributed by atoms with Crippen molar-refractivity contribution in [1.82, 2.24) is 0 Å². The van der Waals surface area contributed by atoms with Crippen molar-refractivity contribution in [3.63, 3.8) is 0 Å². The molecule has 0 radical (unpaired) electrons. The van der Waals surface area contributed by atoms with Crippen molar-refractivity contribution in [3.05, 3.63) is 0 Å². The molecule has 9 atom stereocenters. The van der Waals surface area contributed by atoms with E-state index in [2.05, 4.69) is 6.92 Å². The molecule has 3 N–H and O–H groups in total. The van der Waals surface area contributed by atoms with E-state index >= 15 is 0 Å². The molecule has 0 bridgehead atoms. The Morgan fingerprint density at radius 3 is 2.45 bits per heavy atom. The molecule has 162 valence electrons. The molecule has 7 heteroatoms. The lowest BCUT2D eigenvalue weighted by atomic mass is 9.42. The van der Waals surface area contributed by atoms with E-state index in [0.29, 0.717) is 18.3 Å². The number of carbonyl (C=O) groups excluding carboxylic acids is 3. The van der Waals surface area contributed by atoms with Gasteiger partial charge >= 0.3 is 5.97 Å². The maximum absolute atomic E-state index is 12.7. The second-order valence-electron chi connectivity index (χ2n) is 10.4. The fourth-order valence-corrected chi connectivity index (χ4v) is 8.25. The first-order valence-electron chi connectivity index (χ1n) is 10.8. The van der Waals surface area contributed by atoms with Gasteiger partial charge in [0, 0.05) is 17.8 Å². The number of rotatable bonds is 2. The molecule has 4 aliphatic rings. The maximum Gasteiger partial charge on any atom is 0.302 e. The van der Waals surface area contributed by atoms with Crippen LogP contribution in [-0.2, 0) is 19.1 Å². The van der Waals surface area contributed by atoms with Crippen LogP contribution in [0.4, 0.5) is 0 Å². The predicted octanol–water partition coefficient (Wildman–Crippen LogP) is 2.57. The molecule has 6 nitrogen and oxygen atoms in total. The minimum absolute atomic E-state index is 0.0629. The van der Waals surface area contributed by atoms with Gasteiger partial charge in [-0.3, -0.25) is 14.4 Å². The van der Waals surface area contributed by atoms with E-state index in [1.165, 1.54) is 6.92 Å². The third-order valence-electron chi connectivity index (χ3n) is 9.31. The summed E-state index contributed by atoms with van der Waals surface area (Å²) in [6, 6.07) is 0. The van der Waals surface area contributed by atoms with Gasteiger partial charge in [0.05, 0.1) is 11.5 Å². The highest BCUT2D eigenvalue weighted by Gasteiger charge is 2.69. The van der Waals surface area contributed by atoms with E-state index in [1.54, 1.807) is 0 Å². The SMILES string of the molecule is CC(=O)O[C@H]1CC[C@H]2[C@@H]3CC[C@@]4(O)[C@@H](Cl)C(=O)C(C(N)=O)C[C@]4(C)[C@H]3CC[C@]12C. The Labute approximate surface area is 176 Å². The average Bonchev–Trinajstić information content (AvgIpc) is 2.96. The molecule has 4 aliphatic carbocycles. The van der Waals surface area contributed by atoms with Gasteiger partial charge in [0.25, 0.3) is 0 Å². The number of fused-ring (bicyclic) bond motifs is 5. The second-order valence-corrected chi connectivity index (χ2v) is 10.8. The van der Waals surface area contributed by atoms with E-state index in [0.717, 1.165) is 32.1 Å². The van der Waals surface area contributed by atoms with Gasteiger partial charge in [0.1, 0.15) is 11.5 Å². The smallest absolute Gasteiger partial charge is 0.302 e. The van der Waals surface area contributed by atoms with Gasteiger partial charge in [-0.05, 0) is 62.7 Å². The minimum atomic E-state index is -1.32. The summed E-state index contributed by atoms with van der Waals surface area (Å²) >= 11 is 6.50. The number of Topliss-reactive ketones (excluding diaryl/α,β-unsaturated/α-hetero) is 1. The molecular weight excluding hydrogens is 394 g/mol. The summed E-state index contributed by atoms with van der Waals surface area (Å²) in [4.78, 5) is 36.3. The standard InChI is InChI=1S/C22H32ClNO5/c1-11(25)29-16-5-4-14-12-6-9-22(28)18(23)17(26)13(19(24)27)10-21(22,3)15(12)7-8-20(14,16)2/h12-16,18,28H,4-10H2,1-3H3,(H2,24,27)/t12-,13?,14-,15-,16-,18-,20-,21+,22+/m0/s1. The molecule has 4 saturated carbocycles. The zero-order chi connectivity index (χ0) is 21.4. The largest absolute Gasteiger partial charge is 0.462 e. The zero-order valence-corrected chi connectivity index (χ0v) is 18.2. The number of primary amides is 1. The van der Waals surface area contributed by atoms with E-state index in [-0.39, 0.29) is 29.8 Å². The van der Waals surface area contributed by atoms with Gasteiger partial charge in [-0.25, -0.2) is 0 Å². The van der Waals surface area contributed by atoms with E-state index in [4.69, 9.17) is 22.1 Å². The highest BCUT2D eigenvalue weighted by molar-refractivity contribution is 6.34. The lowest BCUT2D eigenvalue weighted by Gasteiger charge is -2.64. The normalized spacial score (nSPS) is 51.6. The van der Waals surface area contributed by atoms with Crippen molar-refractivity contribution in [2.24, 2.45) is 40.2 Å². The van der Waals surface area contributed by atoms with Crippen molar-refractivity contribution in [3.8, 4) is 0 Å². The van der Waals surface area contributed by atoms with Crippen LogP contribution in [0.5, 0.6) is 0 Å². The molecule has 0 spiro atoms. The van der Waals surface area contributed by atoms with Crippen molar-refractivity contribution in [2.75, 3.05) is 0 Å². The van der Waals surface area contributed by atoms with Gasteiger partial charge in [0.2, 0.25) is 5.91 Å². The zero-order valence-electron chi connectivity index (χ0n) is 17.4. The van der Waals surface area contributed by atoms with Crippen LogP contribution in [0.15, 0.2) is 0 Å². The quantitative estimate of drug-likeness (QED) is 0.401. The summed E-state index contributed by atoms with van der Waals surface area (Å²) < 4.78 is 5.68. The monoisotopic (exact) mass is 425 g/mol. The number of alkyl halides is 1. The Morgan fingerprint density at radius 2 is 1.83 bits per heavy atom. The third kappa shape index (κ3) is 2.74. The molecule has 1 unspecified atom stereocenters. The van der Waals surface area contributed by atoms with Gasteiger partial charge in [-0.2, -0.15) is 0 Å². The molecule has 1 amide bonds. The number of esters is 1. The molecule has 0 aromatic heterocycles. The molecule has 0 aliphatic heterocycles. The van der Waals surface area contributed by atoms with Gasteiger partial charge in [0.15, 0.2) is 5.78 Å². The third-order valence-corrected chi connectivity index (χ3v) is 9.88. The van der Waals surface area contributed by atoms with Gasteiger partial charge < -0.3 is 15.6 Å². The first-order chi connectivity index (χ1) is 13.5. The summed E-state index contributed by atoms with van der Waals surface area (Å²) in [5.41, 5.74) is 3.51. The Bertz CT molecular complexity index is 757. The molecule has 4 fully saturated rings. The summed E-state index contributed by atoms with van der Waals surface area (Å²) in [5.74, 6) is -1.35. The molecule has 4 rings (SSSR count). The molecular formula is C22H32ClNO5. The summed E-state index contributed by atoms with van der Waals surface area (Å²) in [6.45, 7) is 5.70. The lowest BCUT2D eigenvalue weighted by Crippen LogP contribution is -2.69. The first kappa shape index (κ1) is 21.1. The molecule has 0 aromatic rings.